The zero-order valence-electron chi connectivity index (χ0n) is 22.7. The number of amides is 2. The smallest absolute Gasteiger partial charge is 0.330 e. The van der Waals surface area contributed by atoms with Crippen LogP contribution < -0.4 is 0 Å². The Bertz CT molecular complexity index is 743. The van der Waals surface area contributed by atoms with Crippen molar-refractivity contribution in [3.05, 3.63) is 74.9 Å². The van der Waals surface area contributed by atoms with Gasteiger partial charge in [-0.3, -0.25) is 9.59 Å². The summed E-state index contributed by atoms with van der Waals surface area (Å²) in [6, 6.07) is 0. The Labute approximate surface area is 228 Å². The second kappa shape index (κ2) is 23.7. The molecule has 0 aliphatic rings. The fourth-order valence-corrected chi connectivity index (χ4v) is 3.33. The minimum Gasteiger partial charge on any atom is -0.463 e. The summed E-state index contributed by atoms with van der Waals surface area (Å²) in [7, 11) is 0. The summed E-state index contributed by atoms with van der Waals surface area (Å²) in [5.74, 6) is -1.64. The van der Waals surface area contributed by atoms with E-state index in [1.165, 1.54) is 22.0 Å². The molecule has 0 fully saturated rings. The van der Waals surface area contributed by atoms with E-state index in [1.807, 2.05) is 0 Å². The van der Waals surface area contributed by atoms with Crippen molar-refractivity contribution in [2.24, 2.45) is 0 Å². The molecule has 0 aromatic rings. The van der Waals surface area contributed by atoms with Crippen molar-refractivity contribution in [3.8, 4) is 0 Å². The number of carbonyl (C=O) groups is 4. The molecule has 0 aromatic carbocycles. The molecule has 0 aromatic heterocycles. The molecular formula is C30H44N2O6. The summed E-state index contributed by atoms with van der Waals surface area (Å²) in [4.78, 5) is 50.5. The van der Waals surface area contributed by atoms with Crippen molar-refractivity contribution < 1.29 is 28.7 Å². The average molecular weight is 529 g/mol. The maximum atomic E-state index is 12.0. The van der Waals surface area contributed by atoms with Crippen LogP contribution in [0, 0.1) is 0 Å². The molecule has 8 heteroatoms. The van der Waals surface area contributed by atoms with Crippen LogP contribution in [0.4, 0.5) is 0 Å². The predicted molar refractivity (Wildman–Crippen MR) is 151 cm³/mol. The number of carbonyl (C=O) groups excluding carboxylic acids is 4. The van der Waals surface area contributed by atoms with Crippen LogP contribution in [0.2, 0.25) is 0 Å². The Hall–Kier alpha value is -3.68. The molecular weight excluding hydrogens is 484 g/mol. The fourth-order valence-electron chi connectivity index (χ4n) is 3.33. The van der Waals surface area contributed by atoms with E-state index in [-0.39, 0.29) is 11.8 Å². The van der Waals surface area contributed by atoms with Crippen LogP contribution in [-0.4, -0.2) is 72.9 Å². The summed E-state index contributed by atoms with van der Waals surface area (Å²) in [6.07, 6.45) is 18.9. The van der Waals surface area contributed by atoms with Crippen LogP contribution in [0.3, 0.4) is 0 Å². The van der Waals surface area contributed by atoms with Gasteiger partial charge in [0, 0.05) is 50.5 Å². The van der Waals surface area contributed by atoms with E-state index in [1.54, 1.807) is 24.3 Å². The number of esters is 2. The number of rotatable bonds is 23. The molecule has 38 heavy (non-hydrogen) atoms. The van der Waals surface area contributed by atoms with Gasteiger partial charge in [0.25, 0.3) is 0 Å². The minimum absolute atomic E-state index is 0.292. The van der Waals surface area contributed by atoms with E-state index in [4.69, 9.17) is 9.47 Å². The van der Waals surface area contributed by atoms with Gasteiger partial charge < -0.3 is 19.3 Å². The molecule has 0 atom stereocenters. The first kappa shape index (κ1) is 34.3. The Morgan fingerprint density at radius 3 is 1.05 bits per heavy atom. The summed E-state index contributed by atoms with van der Waals surface area (Å²) in [5, 5.41) is 0. The van der Waals surface area contributed by atoms with Gasteiger partial charge in [0.05, 0.1) is 13.2 Å². The average Bonchev–Trinajstić information content (AvgIpc) is 2.90. The van der Waals surface area contributed by atoms with Gasteiger partial charge in [0.15, 0.2) is 0 Å². The molecule has 2 amide bonds. The Kier molecular flexibility index (Phi) is 21.4. The van der Waals surface area contributed by atoms with Crippen molar-refractivity contribution in [2.45, 2.75) is 51.4 Å². The van der Waals surface area contributed by atoms with Crippen molar-refractivity contribution in [1.82, 2.24) is 9.80 Å². The fraction of sp³-hybridized carbons (Fsp3) is 0.467. The summed E-state index contributed by atoms with van der Waals surface area (Å²) in [6.45, 7) is 16.6. The van der Waals surface area contributed by atoms with Crippen LogP contribution in [0.1, 0.15) is 51.4 Å². The highest BCUT2D eigenvalue weighted by molar-refractivity contribution is 5.95. The molecule has 8 nitrogen and oxygen atoms in total. The van der Waals surface area contributed by atoms with Gasteiger partial charge in [0.2, 0.25) is 11.8 Å². The maximum Gasteiger partial charge on any atom is 0.330 e. The SMILES string of the molecule is C=CCN(CC=C)C(=O)/C=C\C(=O)OCCCCCCCCCCOC(=O)/C=C\C(=O)N(CC=C)CC=C. The number of hydrogen-bond acceptors (Lipinski definition) is 6. The van der Waals surface area contributed by atoms with Gasteiger partial charge in [-0.25, -0.2) is 9.59 Å². The van der Waals surface area contributed by atoms with Crippen LogP contribution >= 0.6 is 0 Å². The summed E-state index contributed by atoms with van der Waals surface area (Å²) < 4.78 is 10.3. The van der Waals surface area contributed by atoms with Crippen LogP contribution in [0.25, 0.3) is 0 Å². The highest BCUT2D eigenvalue weighted by atomic mass is 16.5. The lowest BCUT2D eigenvalue weighted by Crippen LogP contribution is -2.29. The molecule has 0 saturated heterocycles. The van der Waals surface area contributed by atoms with E-state index in [0.717, 1.165) is 63.5 Å². The van der Waals surface area contributed by atoms with Crippen molar-refractivity contribution in [3.63, 3.8) is 0 Å². The monoisotopic (exact) mass is 528 g/mol. The lowest BCUT2D eigenvalue weighted by Gasteiger charge is -2.16. The Morgan fingerprint density at radius 1 is 0.474 bits per heavy atom. The lowest BCUT2D eigenvalue weighted by molar-refractivity contribution is -0.139. The Morgan fingerprint density at radius 2 is 0.763 bits per heavy atom. The summed E-state index contributed by atoms with van der Waals surface area (Å²) in [5.41, 5.74) is 0. The zero-order chi connectivity index (χ0) is 28.4. The number of nitrogens with zero attached hydrogens (tertiary/aromatic N) is 2. The third kappa shape index (κ3) is 18.6. The van der Waals surface area contributed by atoms with Crippen molar-refractivity contribution in [1.29, 1.82) is 0 Å². The highest BCUT2D eigenvalue weighted by Gasteiger charge is 2.09. The molecule has 0 heterocycles. The standard InChI is InChI=1S/C30H44N2O6/c1-5-21-31(22-6-2)27(33)17-19-29(35)37-25-15-13-11-9-10-12-14-16-26-38-30(36)20-18-28(34)32(23-7-3)24-8-4/h5-8,17-20H,1-4,9-16,21-26H2/b19-17-,20-18-. The second-order valence-corrected chi connectivity index (χ2v) is 8.47. The van der Waals surface area contributed by atoms with Gasteiger partial charge in [-0.1, -0.05) is 62.8 Å². The van der Waals surface area contributed by atoms with E-state index < -0.39 is 11.9 Å². The molecule has 0 N–H and O–H groups in total. The van der Waals surface area contributed by atoms with E-state index >= 15 is 0 Å². The number of ether oxygens (including phenoxy) is 2. The van der Waals surface area contributed by atoms with E-state index in [0.29, 0.717) is 39.4 Å². The third-order valence-corrected chi connectivity index (χ3v) is 5.27. The first-order valence-electron chi connectivity index (χ1n) is 13.1. The first-order valence-corrected chi connectivity index (χ1v) is 13.1. The van der Waals surface area contributed by atoms with E-state index in [9.17, 15) is 19.2 Å². The third-order valence-electron chi connectivity index (χ3n) is 5.27. The van der Waals surface area contributed by atoms with Crippen LogP contribution in [0.15, 0.2) is 74.9 Å². The van der Waals surface area contributed by atoms with Crippen LogP contribution in [0.5, 0.6) is 0 Å². The van der Waals surface area contributed by atoms with Gasteiger partial charge in [-0.15, -0.1) is 26.3 Å². The molecule has 0 saturated carbocycles. The molecule has 0 aliphatic carbocycles. The minimum atomic E-state index is -0.527. The molecule has 0 bridgehead atoms. The summed E-state index contributed by atoms with van der Waals surface area (Å²) >= 11 is 0. The zero-order valence-corrected chi connectivity index (χ0v) is 22.7. The van der Waals surface area contributed by atoms with Gasteiger partial charge in [-0.05, 0) is 12.8 Å². The van der Waals surface area contributed by atoms with Gasteiger partial charge >= 0.3 is 11.9 Å². The van der Waals surface area contributed by atoms with Crippen LogP contribution in [-0.2, 0) is 28.7 Å². The maximum absolute atomic E-state index is 12.0. The first-order chi connectivity index (χ1) is 18.4. The molecule has 0 radical (unpaired) electrons. The largest absolute Gasteiger partial charge is 0.463 e. The molecule has 0 unspecified atom stereocenters. The predicted octanol–water partition coefficient (Wildman–Crippen LogP) is 4.71. The second-order valence-electron chi connectivity index (χ2n) is 8.47. The highest BCUT2D eigenvalue weighted by Crippen LogP contribution is 2.09. The Balaban J connectivity index is 3.78. The topological polar surface area (TPSA) is 93.2 Å². The quantitative estimate of drug-likeness (QED) is 0.0826. The molecule has 0 rings (SSSR count). The van der Waals surface area contributed by atoms with Crippen molar-refractivity contribution in [2.75, 3.05) is 39.4 Å². The molecule has 0 spiro atoms. The van der Waals surface area contributed by atoms with E-state index in [2.05, 4.69) is 26.3 Å². The number of hydrogen-bond donors (Lipinski definition) is 0. The normalized spacial score (nSPS) is 10.6. The lowest BCUT2D eigenvalue weighted by atomic mass is 10.1. The van der Waals surface area contributed by atoms with Gasteiger partial charge in [0.1, 0.15) is 0 Å². The van der Waals surface area contributed by atoms with Gasteiger partial charge in [-0.2, -0.15) is 0 Å². The molecule has 210 valence electrons. The number of unbranched alkanes of at least 4 members (excludes halogenated alkanes) is 7. The van der Waals surface area contributed by atoms with Crippen molar-refractivity contribution >= 4 is 23.8 Å². The molecule has 0 aliphatic heterocycles.